The Bertz CT molecular complexity index is 1260. The predicted molar refractivity (Wildman–Crippen MR) is 138 cm³/mol. The van der Waals surface area contributed by atoms with Crippen molar-refractivity contribution >= 4 is 23.1 Å². The lowest BCUT2D eigenvalue weighted by Gasteiger charge is -2.33. The van der Waals surface area contributed by atoms with Crippen LogP contribution in [0.4, 0.5) is 15.8 Å². The number of hydrogen-bond donors (Lipinski definition) is 3. The van der Waals surface area contributed by atoms with E-state index in [-0.39, 0.29) is 46.8 Å². The Morgan fingerprint density at radius 1 is 1.22 bits per heavy atom. The summed E-state index contributed by atoms with van der Waals surface area (Å²) in [5, 5.41) is 2.77. The Kier molecular flexibility index (Phi) is 7.90. The first-order chi connectivity index (χ1) is 17.4. The molecule has 4 rings (SSSR count). The first-order valence-electron chi connectivity index (χ1n) is 12.2. The van der Waals surface area contributed by atoms with Crippen molar-refractivity contribution < 1.29 is 14.0 Å². The molecule has 9 heteroatoms. The maximum atomic E-state index is 14.7. The lowest BCUT2D eigenvalue weighted by atomic mass is 10.0. The average Bonchev–Trinajstić information content (AvgIpc) is 2.88. The number of halogens is 1. The number of anilines is 2. The highest BCUT2D eigenvalue weighted by atomic mass is 19.1. The number of ketones is 1. The third-order valence-electron chi connectivity index (χ3n) is 6.26. The number of hydrogen-bond acceptors (Lipinski definition) is 7. The number of carbonyl (C=O) groups excluding carboxylic acids is 2. The second kappa shape index (κ2) is 11.3. The quantitative estimate of drug-likeness (QED) is 0.413. The van der Waals surface area contributed by atoms with Gasteiger partial charge in [-0.15, -0.1) is 0 Å². The smallest absolute Gasteiger partial charge is 0.251 e. The van der Waals surface area contributed by atoms with E-state index in [1.807, 2.05) is 13.0 Å². The number of pyridine rings is 2. The fourth-order valence-corrected chi connectivity index (χ4v) is 4.40. The zero-order valence-electron chi connectivity index (χ0n) is 20.3. The van der Waals surface area contributed by atoms with Crippen molar-refractivity contribution in [3.63, 3.8) is 0 Å². The number of nitrogen functional groups attached to an aromatic ring is 1. The molecule has 3 aromatic rings. The predicted octanol–water partition coefficient (Wildman–Crippen LogP) is 3.36. The molecule has 1 amide bonds. The fraction of sp³-hybridized carbons (Fsp3) is 0.333. The van der Waals surface area contributed by atoms with Gasteiger partial charge in [-0.1, -0.05) is 6.92 Å². The van der Waals surface area contributed by atoms with Gasteiger partial charge in [0.1, 0.15) is 11.5 Å². The van der Waals surface area contributed by atoms with Crippen LogP contribution in [0.2, 0.25) is 0 Å². The molecule has 3 heterocycles. The highest BCUT2D eigenvalue weighted by Gasteiger charge is 2.22. The molecule has 8 nitrogen and oxygen atoms in total. The number of amides is 1. The Labute approximate surface area is 209 Å². The first-order valence-corrected chi connectivity index (χ1v) is 12.2. The molecule has 1 saturated heterocycles. The number of Topliss-reactive ketones (excluding diaryl/α,β-unsaturated/α-hetero) is 1. The molecule has 0 bridgehead atoms. The molecule has 2 aromatic heterocycles. The van der Waals surface area contributed by atoms with Gasteiger partial charge in [0, 0.05) is 66.9 Å². The number of rotatable bonds is 8. The van der Waals surface area contributed by atoms with E-state index in [1.54, 1.807) is 18.5 Å². The summed E-state index contributed by atoms with van der Waals surface area (Å²) < 4.78 is 14.7. The number of carbonyl (C=O) groups is 2. The maximum Gasteiger partial charge on any atom is 0.251 e. The standard InChI is InChI=1S/C27H31FN6O2/c1-2-10-32-27(36)17-5-6-21(28)20(13-17)23-8-7-22(30)26(33-23)25(35)14-18-15-31-11-9-24(18)34-12-3-4-19(29)16-34/h5-9,11,13,15,19H,2-4,10,12,14,16,29-30H2,1H3,(H,32,36)/t19-/m0/s1. The first kappa shape index (κ1) is 25.2. The Balaban J connectivity index is 1.61. The number of benzene rings is 1. The van der Waals surface area contributed by atoms with Gasteiger partial charge in [-0.2, -0.15) is 0 Å². The van der Waals surface area contributed by atoms with Gasteiger partial charge in [-0.05, 0) is 55.7 Å². The van der Waals surface area contributed by atoms with Crippen molar-refractivity contribution in [2.24, 2.45) is 5.73 Å². The van der Waals surface area contributed by atoms with Crippen LogP contribution in [-0.2, 0) is 6.42 Å². The summed E-state index contributed by atoms with van der Waals surface area (Å²) in [6.45, 7) is 4.03. The molecule has 1 fully saturated rings. The number of aromatic nitrogens is 2. The van der Waals surface area contributed by atoms with E-state index < -0.39 is 5.82 Å². The van der Waals surface area contributed by atoms with Crippen molar-refractivity contribution in [2.75, 3.05) is 30.3 Å². The van der Waals surface area contributed by atoms with Crippen LogP contribution in [0, 0.1) is 5.82 Å². The Morgan fingerprint density at radius 2 is 2.06 bits per heavy atom. The lowest BCUT2D eigenvalue weighted by molar-refractivity contribution is 0.0951. The van der Waals surface area contributed by atoms with Crippen molar-refractivity contribution in [1.29, 1.82) is 0 Å². The van der Waals surface area contributed by atoms with Crippen molar-refractivity contribution in [1.82, 2.24) is 15.3 Å². The maximum absolute atomic E-state index is 14.7. The molecule has 0 unspecified atom stereocenters. The number of piperidine rings is 1. The summed E-state index contributed by atoms with van der Waals surface area (Å²) in [6, 6.07) is 9.13. The third-order valence-corrected chi connectivity index (χ3v) is 6.26. The van der Waals surface area contributed by atoms with E-state index >= 15 is 0 Å². The summed E-state index contributed by atoms with van der Waals surface area (Å²) in [5.74, 6) is -1.15. The minimum absolute atomic E-state index is 0.0392. The highest BCUT2D eigenvalue weighted by molar-refractivity contribution is 6.01. The van der Waals surface area contributed by atoms with Gasteiger partial charge in [-0.25, -0.2) is 9.37 Å². The second-order valence-electron chi connectivity index (χ2n) is 9.04. The molecule has 0 radical (unpaired) electrons. The summed E-state index contributed by atoms with van der Waals surface area (Å²) >= 11 is 0. The third kappa shape index (κ3) is 5.68. The number of nitrogens with zero attached hydrogens (tertiary/aromatic N) is 3. The van der Waals surface area contributed by atoms with Gasteiger partial charge in [-0.3, -0.25) is 14.6 Å². The number of nitrogens with one attached hydrogen (secondary N) is 1. The second-order valence-corrected chi connectivity index (χ2v) is 9.04. The molecular weight excluding hydrogens is 459 g/mol. The summed E-state index contributed by atoms with van der Waals surface area (Å²) in [5.41, 5.74) is 14.8. The molecule has 1 aliphatic rings. The molecule has 1 atom stereocenters. The fourth-order valence-electron chi connectivity index (χ4n) is 4.40. The van der Waals surface area contributed by atoms with Crippen molar-refractivity contribution in [3.05, 3.63) is 71.4 Å². The molecule has 1 aliphatic heterocycles. The topological polar surface area (TPSA) is 127 Å². The molecule has 1 aromatic carbocycles. The van der Waals surface area contributed by atoms with Crippen molar-refractivity contribution in [3.8, 4) is 11.3 Å². The Hall–Kier alpha value is -3.85. The molecule has 36 heavy (non-hydrogen) atoms. The molecular formula is C27H31FN6O2. The molecule has 0 aliphatic carbocycles. The SMILES string of the molecule is CCCNC(=O)c1ccc(F)c(-c2ccc(N)c(C(=O)Cc3cnccc3N3CCC[C@H](N)C3)n2)c1. The van der Waals surface area contributed by atoms with Gasteiger partial charge in [0.05, 0.1) is 11.4 Å². The number of nitrogens with two attached hydrogens (primary N) is 2. The highest BCUT2D eigenvalue weighted by Crippen LogP contribution is 2.27. The van der Waals surface area contributed by atoms with Crippen LogP contribution in [0.1, 0.15) is 52.6 Å². The van der Waals surface area contributed by atoms with Crippen LogP contribution >= 0.6 is 0 Å². The molecule has 5 N–H and O–H groups in total. The minimum Gasteiger partial charge on any atom is -0.397 e. The monoisotopic (exact) mass is 490 g/mol. The average molecular weight is 491 g/mol. The molecule has 188 valence electrons. The Morgan fingerprint density at radius 3 is 2.83 bits per heavy atom. The van der Waals surface area contributed by atoms with E-state index in [1.165, 1.54) is 24.3 Å². The van der Waals surface area contributed by atoms with Gasteiger partial charge >= 0.3 is 0 Å². The van der Waals surface area contributed by atoms with Crippen molar-refractivity contribution in [2.45, 2.75) is 38.6 Å². The van der Waals surface area contributed by atoms with Gasteiger partial charge in [0.25, 0.3) is 5.91 Å². The summed E-state index contributed by atoms with van der Waals surface area (Å²) in [4.78, 5) is 36.5. The van der Waals surface area contributed by atoms with E-state index in [0.29, 0.717) is 18.7 Å². The normalized spacial score (nSPS) is 15.5. The van der Waals surface area contributed by atoms with Crippen LogP contribution < -0.4 is 21.7 Å². The van der Waals surface area contributed by atoms with E-state index in [9.17, 15) is 14.0 Å². The van der Waals surface area contributed by atoms with E-state index in [4.69, 9.17) is 11.5 Å². The van der Waals surface area contributed by atoms with Crippen LogP contribution in [0.15, 0.2) is 48.8 Å². The van der Waals surface area contributed by atoms with Gasteiger partial charge < -0.3 is 21.7 Å². The van der Waals surface area contributed by atoms with Crippen LogP contribution in [-0.4, -0.2) is 47.3 Å². The molecule has 0 saturated carbocycles. The summed E-state index contributed by atoms with van der Waals surface area (Å²) in [7, 11) is 0. The van der Waals surface area contributed by atoms with Gasteiger partial charge in [0.15, 0.2) is 5.78 Å². The summed E-state index contributed by atoms with van der Waals surface area (Å²) in [6.07, 6.45) is 6.15. The zero-order chi connectivity index (χ0) is 25.7. The van der Waals surface area contributed by atoms with E-state index in [2.05, 4.69) is 20.2 Å². The largest absolute Gasteiger partial charge is 0.397 e. The van der Waals surface area contributed by atoms with Crippen LogP contribution in [0.5, 0.6) is 0 Å². The minimum atomic E-state index is -0.548. The van der Waals surface area contributed by atoms with Crippen LogP contribution in [0.3, 0.4) is 0 Å². The van der Waals surface area contributed by atoms with E-state index in [0.717, 1.165) is 37.1 Å². The van der Waals surface area contributed by atoms with Gasteiger partial charge in [0.2, 0.25) is 0 Å². The molecule has 0 spiro atoms. The van der Waals surface area contributed by atoms with Crippen LogP contribution in [0.25, 0.3) is 11.3 Å². The lowest BCUT2D eigenvalue weighted by Crippen LogP contribution is -2.43. The zero-order valence-corrected chi connectivity index (χ0v) is 20.3.